The summed E-state index contributed by atoms with van der Waals surface area (Å²) in [6, 6.07) is 1.27. The van der Waals surface area contributed by atoms with Crippen LogP contribution in [0, 0.1) is 12.9 Å². The molecule has 6 heteroatoms. The number of thiazole rings is 1. The van der Waals surface area contributed by atoms with Gasteiger partial charge in [0.2, 0.25) is 5.95 Å². The molecule has 0 bridgehead atoms. The number of halogens is 1. The predicted octanol–water partition coefficient (Wildman–Crippen LogP) is 2.55. The molecule has 16 heavy (non-hydrogen) atoms. The molecule has 1 unspecified atom stereocenters. The average Bonchev–Trinajstić information content (AvgIpc) is 2.65. The zero-order chi connectivity index (χ0) is 11.5. The number of anilines is 1. The second kappa shape index (κ2) is 4.52. The van der Waals surface area contributed by atoms with E-state index in [0.717, 1.165) is 9.88 Å². The van der Waals surface area contributed by atoms with E-state index in [1.807, 2.05) is 20.0 Å². The van der Waals surface area contributed by atoms with E-state index >= 15 is 0 Å². The zero-order valence-corrected chi connectivity index (χ0v) is 9.75. The van der Waals surface area contributed by atoms with Gasteiger partial charge in [-0.25, -0.2) is 15.0 Å². The number of hydrogen-bond acceptors (Lipinski definition) is 5. The first kappa shape index (κ1) is 10.9. The van der Waals surface area contributed by atoms with Crippen LogP contribution in [-0.4, -0.2) is 15.0 Å². The van der Waals surface area contributed by atoms with Crippen LogP contribution in [0.2, 0.25) is 0 Å². The summed E-state index contributed by atoms with van der Waals surface area (Å²) in [5.74, 6) is -0.0760. The van der Waals surface area contributed by atoms with Crippen molar-refractivity contribution in [1.29, 1.82) is 0 Å². The van der Waals surface area contributed by atoms with Crippen LogP contribution in [-0.2, 0) is 0 Å². The van der Waals surface area contributed by atoms with Crippen LogP contribution in [0.4, 0.5) is 10.2 Å². The SMILES string of the molecule is Cc1cnc(C(C)Nc2cc(F)ncn2)s1. The summed E-state index contributed by atoms with van der Waals surface area (Å²) in [5.41, 5.74) is 0. The van der Waals surface area contributed by atoms with Crippen molar-refractivity contribution in [3.8, 4) is 0 Å². The van der Waals surface area contributed by atoms with Gasteiger partial charge in [0, 0.05) is 17.1 Å². The summed E-state index contributed by atoms with van der Waals surface area (Å²) < 4.78 is 12.8. The molecule has 1 atom stereocenters. The molecule has 0 aliphatic carbocycles. The lowest BCUT2D eigenvalue weighted by Crippen LogP contribution is -2.07. The molecule has 2 rings (SSSR count). The van der Waals surface area contributed by atoms with E-state index in [1.54, 1.807) is 11.3 Å². The molecule has 0 radical (unpaired) electrons. The van der Waals surface area contributed by atoms with Crippen LogP contribution in [0.5, 0.6) is 0 Å². The molecule has 0 spiro atoms. The van der Waals surface area contributed by atoms with Crippen LogP contribution >= 0.6 is 11.3 Å². The fourth-order valence-electron chi connectivity index (χ4n) is 1.27. The highest BCUT2D eigenvalue weighted by atomic mass is 32.1. The second-order valence-corrected chi connectivity index (χ2v) is 4.67. The molecule has 0 aliphatic rings. The van der Waals surface area contributed by atoms with Gasteiger partial charge in [0.15, 0.2) is 0 Å². The number of nitrogens with zero attached hydrogens (tertiary/aromatic N) is 3. The van der Waals surface area contributed by atoms with Crippen LogP contribution in [0.15, 0.2) is 18.6 Å². The van der Waals surface area contributed by atoms with Gasteiger partial charge in [-0.15, -0.1) is 11.3 Å². The lowest BCUT2D eigenvalue weighted by atomic mass is 10.3. The standard InChI is InChI=1S/C10H11FN4S/c1-6-4-12-10(16-6)7(2)15-9-3-8(11)13-5-14-9/h3-5,7H,1-2H3,(H,13,14,15). The number of rotatable bonds is 3. The quantitative estimate of drug-likeness (QED) is 0.835. The van der Waals surface area contributed by atoms with Gasteiger partial charge in [-0.1, -0.05) is 0 Å². The third-order valence-corrected chi connectivity index (χ3v) is 3.10. The van der Waals surface area contributed by atoms with Gasteiger partial charge < -0.3 is 5.32 Å². The molecule has 0 aromatic carbocycles. The van der Waals surface area contributed by atoms with E-state index in [1.165, 1.54) is 12.4 Å². The normalized spacial score (nSPS) is 12.4. The molecule has 2 aromatic heterocycles. The molecule has 0 amide bonds. The lowest BCUT2D eigenvalue weighted by molar-refractivity contribution is 0.579. The molecule has 84 valence electrons. The highest BCUT2D eigenvalue weighted by molar-refractivity contribution is 7.11. The van der Waals surface area contributed by atoms with E-state index in [0.29, 0.717) is 5.82 Å². The Labute approximate surface area is 96.6 Å². The minimum Gasteiger partial charge on any atom is -0.361 e. The Balaban J connectivity index is 2.10. The first-order valence-electron chi connectivity index (χ1n) is 4.81. The fraction of sp³-hybridized carbons (Fsp3) is 0.300. The fourth-order valence-corrected chi connectivity index (χ4v) is 2.04. The van der Waals surface area contributed by atoms with Crippen molar-refractivity contribution in [2.45, 2.75) is 19.9 Å². The second-order valence-electron chi connectivity index (χ2n) is 3.40. The van der Waals surface area contributed by atoms with Crippen LogP contribution in [0.3, 0.4) is 0 Å². The third-order valence-electron chi connectivity index (χ3n) is 2.01. The van der Waals surface area contributed by atoms with Gasteiger partial charge in [-0.2, -0.15) is 4.39 Å². The Morgan fingerprint density at radius 2 is 2.19 bits per heavy atom. The van der Waals surface area contributed by atoms with Gasteiger partial charge in [0.05, 0.1) is 6.04 Å². The monoisotopic (exact) mass is 238 g/mol. The van der Waals surface area contributed by atoms with Crippen molar-refractivity contribution in [3.05, 3.63) is 34.4 Å². The van der Waals surface area contributed by atoms with E-state index in [4.69, 9.17) is 0 Å². The summed E-state index contributed by atoms with van der Waals surface area (Å²) in [5, 5.41) is 4.02. The molecule has 0 saturated heterocycles. The Bertz CT molecular complexity index is 485. The maximum absolute atomic E-state index is 12.8. The smallest absolute Gasteiger partial charge is 0.217 e. The Morgan fingerprint density at radius 3 is 2.81 bits per heavy atom. The van der Waals surface area contributed by atoms with Gasteiger partial charge in [0.25, 0.3) is 0 Å². The number of aryl methyl sites for hydroxylation is 1. The summed E-state index contributed by atoms with van der Waals surface area (Å²) in [6.07, 6.45) is 3.01. The van der Waals surface area contributed by atoms with Crippen molar-refractivity contribution in [2.75, 3.05) is 5.32 Å². The van der Waals surface area contributed by atoms with Gasteiger partial charge >= 0.3 is 0 Å². The van der Waals surface area contributed by atoms with Crippen LogP contribution in [0.1, 0.15) is 22.9 Å². The summed E-state index contributed by atoms with van der Waals surface area (Å²) in [4.78, 5) is 12.7. The molecule has 0 fully saturated rings. The number of aromatic nitrogens is 3. The maximum atomic E-state index is 12.8. The molecule has 0 aliphatic heterocycles. The van der Waals surface area contributed by atoms with Gasteiger partial charge in [0.1, 0.15) is 17.2 Å². The zero-order valence-electron chi connectivity index (χ0n) is 8.94. The van der Waals surface area contributed by atoms with E-state index in [-0.39, 0.29) is 6.04 Å². The van der Waals surface area contributed by atoms with Crippen LogP contribution in [0.25, 0.3) is 0 Å². The van der Waals surface area contributed by atoms with Crippen molar-refractivity contribution in [3.63, 3.8) is 0 Å². The Hall–Kier alpha value is -1.56. The van der Waals surface area contributed by atoms with Crippen molar-refractivity contribution >= 4 is 17.2 Å². The van der Waals surface area contributed by atoms with E-state index < -0.39 is 5.95 Å². The van der Waals surface area contributed by atoms with Crippen molar-refractivity contribution < 1.29 is 4.39 Å². The maximum Gasteiger partial charge on any atom is 0.217 e. The average molecular weight is 238 g/mol. The molecular formula is C10H11FN4S. The van der Waals surface area contributed by atoms with Crippen molar-refractivity contribution in [1.82, 2.24) is 15.0 Å². The topological polar surface area (TPSA) is 50.7 Å². The molecule has 0 saturated carbocycles. The summed E-state index contributed by atoms with van der Waals surface area (Å²) in [7, 11) is 0. The van der Waals surface area contributed by atoms with E-state index in [9.17, 15) is 4.39 Å². The Morgan fingerprint density at radius 1 is 1.38 bits per heavy atom. The molecule has 2 heterocycles. The summed E-state index contributed by atoms with van der Waals surface area (Å²) in [6.45, 7) is 3.95. The predicted molar refractivity (Wildman–Crippen MR) is 60.9 cm³/mol. The highest BCUT2D eigenvalue weighted by Gasteiger charge is 2.10. The minimum absolute atomic E-state index is 0.00741. The number of hydrogen-bond donors (Lipinski definition) is 1. The number of nitrogens with one attached hydrogen (secondary N) is 1. The lowest BCUT2D eigenvalue weighted by Gasteiger charge is -2.11. The Kier molecular flexibility index (Phi) is 3.09. The molecular weight excluding hydrogens is 227 g/mol. The van der Waals surface area contributed by atoms with Gasteiger partial charge in [-0.3, -0.25) is 0 Å². The van der Waals surface area contributed by atoms with Crippen LogP contribution < -0.4 is 5.32 Å². The third kappa shape index (κ3) is 2.52. The molecule has 2 aromatic rings. The van der Waals surface area contributed by atoms with Gasteiger partial charge in [-0.05, 0) is 13.8 Å². The summed E-state index contributed by atoms with van der Waals surface area (Å²) >= 11 is 1.61. The minimum atomic E-state index is -0.542. The molecule has 1 N–H and O–H groups in total. The highest BCUT2D eigenvalue weighted by Crippen LogP contribution is 2.22. The van der Waals surface area contributed by atoms with Crippen molar-refractivity contribution in [2.24, 2.45) is 0 Å². The molecule has 4 nitrogen and oxygen atoms in total. The largest absolute Gasteiger partial charge is 0.361 e. The van der Waals surface area contributed by atoms with E-state index in [2.05, 4.69) is 20.3 Å². The first-order valence-corrected chi connectivity index (χ1v) is 5.63. The first-order chi connectivity index (χ1) is 7.65.